The Balaban J connectivity index is 2.17. The molecule has 88 valence electrons. The average Bonchev–Trinajstić information content (AvgIpc) is 2.79. The highest BCUT2D eigenvalue weighted by atomic mass is 19.1. The van der Waals surface area contributed by atoms with Crippen LogP contribution < -0.4 is 5.32 Å². The Morgan fingerprint density at radius 3 is 3.06 bits per heavy atom. The lowest BCUT2D eigenvalue weighted by molar-refractivity contribution is 0.180. The summed E-state index contributed by atoms with van der Waals surface area (Å²) in [5, 5.41) is 3.18. The number of hydrogen-bond acceptors (Lipinski definition) is 2. The number of rotatable bonds is 4. The summed E-state index contributed by atoms with van der Waals surface area (Å²) in [5.74, 6) is 0.704. The van der Waals surface area contributed by atoms with Crippen molar-refractivity contribution < 1.29 is 9.13 Å². The highest BCUT2D eigenvalue weighted by molar-refractivity contribution is 5.22. The minimum absolute atomic E-state index is 0.155. The maximum Gasteiger partial charge on any atom is 0.123 e. The van der Waals surface area contributed by atoms with E-state index in [9.17, 15) is 4.39 Å². The van der Waals surface area contributed by atoms with Crippen LogP contribution in [0.3, 0.4) is 0 Å². The Hall–Kier alpha value is -0.930. The highest BCUT2D eigenvalue weighted by Gasteiger charge is 2.26. The summed E-state index contributed by atoms with van der Waals surface area (Å²) in [6.07, 6.45) is 1.07. The smallest absolute Gasteiger partial charge is 0.123 e. The molecule has 3 heteroatoms. The SMILES string of the molecule is CNCC(c1cccc(F)c1)C1CCOC1. The van der Waals surface area contributed by atoms with Crippen LogP contribution in [0.25, 0.3) is 0 Å². The van der Waals surface area contributed by atoms with Crippen LogP contribution >= 0.6 is 0 Å². The predicted molar refractivity (Wildman–Crippen MR) is 62.0 cm³/mol. The summed E-state index contributed by atoms with van der Waals surface area (Å²) < 4.78 is 18.6. The second-order valence-electron chi connectivity index (χ2n) is 4.34. The molecule has 1 aromatic carbocycles. The molecule has 1 aromatic rings. The molecule has 1 fully saturated rings. The molecular weight excluding hydrogens is 205 g/mol. The van der Waals surface area contributed by atoms with Gasteiger partial charge in [0.15, 0.2) is 0 Å². The lowest BCUT2D eigenvalue weighted by Gasteiger charge is -2.22. The fourth-order valence-corrected chi connectivity index (χ4v) is 2.38. The van der Waals surface area contributed by atoms with Crippen LogP contribution in [0.2, 0.25) is 0 Å². The molecule has 2 nitrogen and oxygen atoms in total. The zero-order valence-electron chi connectivity index (χ0n) is 9.58. The minimum Gasteiger partial charge on any atom is -0.381 e. The van der Waals surface area contributed by atoms with E-state index in [1.54, 1.807) is 12.1 Å². The van der Waals surface area contributed by atoms with Gasteiger partial charge in [-0.3, -0.25) is 0 Å². The summed E-state index contributed by atoms with van der Waals surface area (Å²) in [6.45, 7) is 2.50. The molecule has 1 saturated heterocycles. The molecule has 1 aliphatic heterocycles. The number of benzene rings is 1. The molecule has 16 heavy (non-hydrogen) atoms. The first-order valence-corrected chi connectivity index (χ1v) is 5.79. The van der Waals surface area contributed by atoms with Crippen LogP contribution in [-0.4, -0.2) is 26.8 Å². The molecule has 0 spiro atoms. The first kappa shape index (κ1) is 11.6. The number of halogens is 1. The van der Waals surface area contributed by atoms with Gasteiger partial charge in [-0.15, -0.1) is 0 Å². The van der Waals surface area contributed by atoms with E-state index in [1.165, 1.54) is 6.07 Å². The van der Waals surface area contributed by atoms with Gasteiger partial charge in [-0.25, -0.2) is 4.39 Å². The molecule has 0 amide bonds. The van der Waals surface area contributed by atoms with Gasteiger partial charge >= 0.3 is 0 Å². The average molecular weight is 223 g/mol. The van der Waals surface area contributed by atoms with E-state index in [0.29, 0.717) is 11.8 Å². The van der Waals surface area contributed by atoms with Crippen molar-refractivity contribution in [2.45, 2.75) is 12.3 Å². The number of nitrogens with one attached hydrogen (secondary N) is 1. The molecule has 0 radical (unpaired) electrons. The summed E-state index contributed by atoms with van der Waals surface area (Å²) in [4.78, 5) is 0. The van der Waals surface area contributed by atoms with Crippen LogP contribution in [0, 0.1) is 11.7 Å². The first-order chi connectivity index (χ1) is 7.81. The second-order valence-corrected chi connectivity index (χ2v) is 4.34. The lowest BCUT2D eigenvalue weighted by Crippen LogP contribution is -2.24. The van der Waals surface area contributed by atoms with Gasteiger partial charge in [0, 0.05) is 19.1 Å². The monoisotopic (exact) mass is 223 g/mol. The van der Waals surface area contributed by atoms with Gasteiger partial charge in [0.1, 0.15) is 5.82 Å². The van der Waals surface area contributed by atoms with E-state index in [-0.39, 0.29) is 5.82 Å². The molecular formula is C13H18FNO. The van der Waals surface area contributed by atoms with Crippen LogP contribution in [0.15, 0.2) is 24.3 Å². The van der Waals surface area contributed by atoms with Crippen molar-refractivity contribution in [2.24, 2.45) is 5.92 Å². The second kappa shape index (κ2) is 5.41. The lowest BCUT2D eigenvalue weighted by atomic mass is 9.85. The fourth-order valence-electron chi connectivity index (χ4n) is 2.38. The van der Waals surface area contributed by atoms with E-state index in [2.05, 4.69) is 5.32 Å². The molecule has 1 aliphatic rings. The van der Waals surface area contributed by atoms with Crippen LogP contribution in [0.1, 0.15) is 17.9 Å². The van der Waals surface area contributed by atoms with Gasteiger partial charge in [0.2, 0.25) is 0 Å². The summed E-state index contributed by atoms with van der Waals surface area (Å²) in [7, 11) is 1.93. The largest absolute Gasteiger partial charge is 0.381 e. The van der Waals surface area contributed by atoms with Crippen molar-refractivity contribution >= 4 is 0 Å². The Kier molecular flexibility index (Phi) is 3.91. The van der Waals surface area contributed by atoms with Crippen LogP contribution in [0.4, 0.5) is 4.39 Å². The summed E-state index contributed by atoms with van der Waals surface area (Å²) in [6, 6.07) is 6.91. The van der Waals surface area contributed by atoms with Crippen LogP contribution in [0.5, 0.6) is 0 Å². The Bertz CT molecular complexity index is 336. The molecule has 2 atom stereocenters. The van der Waals surface area contributed by atoms with Gasteiger partial charge in [0.05, 0.1) is 6.61 Å². The highest BCUT2D eigenvalue weighted by Crippen LogP contribution is 2.30. The maximum atomic E-state index is 13.2. The Morgan fingerprint density at radius 1 is 1.56 bits per heavy atom. The molecule has 0 bridgehead atoms. The van der Waals surface area contributed by atoms with Gasteiger partial charge < -0.3 is 10.1 Å². The van der Waals surface area contributed by atoms with Crippen molar-refractivity contribution in [2.75, 3.05) is 26.8 Å². The number of hydrogen-bond donors (Lipinski definition) is 1. The zero-order chi connectivity index (χ0) is 11.4. The van der Waals surface area contributed by atoms with Gasteiger partial charge in [0.25, 0.3) is 0 Å². The molecule has 0 aromatic heterocycles. The van der Waals surface area contributed by atoms with Gasteiger partial charge in [-0.1, -0.05) is 12.1 Å². The van der Waals surface area contributed by atoms with E-state index in [1.807, 2.05) is 13.1 Å². The normalized spacial score (nSPS) is 22.2. The van der Waals surface area contributed by atoms with Gasteiger partial charge in [-0.2, -0.15) is 0 Å². The topological polar surface area (TPSA) is 21.3 Å². The molecule has 1 N–H and O–H groups in total. The van der Waals surface area contributed by atoms with Gasteiger partial charge in [-0.05, 0) is 37.1 Å². The van der Waals surface area contributed by atoms with E-state index >= 15 is 0 Å². The molecule has 2 rings (SSSR count). The third-order valence-corrected chi connectivity index (χ3v) is 3.23. The standard InChI is InChI=1S/C13H18FNO/c1-15-8-13(11-5-6-16-9-11)10-3-2-4-12(14)7-10/h2-4,7,11,13,15H,5-6,8-9H2,1H3. The van der Waals surface area contributed by atoms with Crippen molar-refractivity contribution in [3.63, 3.8) is 0 Å². The van der Waals surface area contributed by atoms with E-state index in [4.69, 9.17) is 4.74 Å². The van der Waals surface area contributed by atoms with Crippen molar-refractivity contribution in [1.29, 1.82) is 0 Å². The molecule has 0 aliphatic carbocycles. The number of ether oxygens (including phenoxy) is 1. The Labute approximate surface area is 95.8 Å². The van der Waals surface area contributed by atoms with E-state index in [0.717, 1.165) is 31.7 Å². The third kappa shape index (κ3) is 2.60. The quantitative estimate of drug-likeness (QED) is 0.844. The first-order valence-electron chi connectivity index (χ1n) is 5.79. The molecule has 0 saturated carbocycles. The predicted octanol–water partition coefficient (Wildman–Crippen LogP) is 2.17. The van der Waals surface area contributed by atoms with Crippen molar-refractivity contribution in [1.82, 2.24) is 5.32 Å². The minimum atomic E-state index is -0.155. The molecule has 2 unspecified atom stereocenters. The third-order valence-electron chi connectivity index (χ3n) is 3.23. The van der Waals surface area contributed by atoms with E-state index < -0.39 is 0 Å². The number of likely N-dealkylation sites (N-methyl/N-ethyl adjacent to an activating group) is 1. The molecule has 1 heterocycles. The zero-order valence-corrected chi connectivity index (χ0v) is 9.58. The summed E-state index contributed by atoms with van der Waals surface area (Å²) >= 11 is 0. The fraction of sp³-hybridized carbons (Fsp3) is 0.538. The van der Waals surface area contributed by atoms with Crippen molar-refractivity contribution in [3.05, 3.63) is 35.6 Å². The maximum absolute atomic E-state index is 13.2. The van der Waals surface area contributed by atoms with Crippen molar-refractivity contribution in [3.8, 4) is 0 Å². The summed E-state index contributed by atoms with van der Waals surface area (Å²) in [5.41, 5.74) is 1.07. The Morgan fingerprint density at radius 2 is 2.44 bits per heavy atom. The van der Waals surface area contributed by atoms with Crippen LogP contribution in [-0.2, 0) is 4.74 Å².